The molecule has 2 saturated carbocycles. The summed E-state index contributed by atoms with van der Waals surface area (Å²) in [7, 11) is 0. The fraction of sp³-hybridized carbons (Fsp3) is 0.296. The third kappa shape index (κ3) is 2.90. The molecule has 34 heavy (non-hydrogen) atoms. The first-order valence-corrected chi connectivity index (χ1v) is 12.4. The number of amides is 2. The smallest absolute Gasteiger partial charge is 0.254 e. The molecule has 0 radical (unpaired) electrons. The molecule has 2 heterocycles. The number of hydrazone groups is 1. The van der Waals surface area contributed by atoms with Gasteiger partial charge in [0.25, 0.3) is 11.8 Å². The number of allylic oxidation sites excluding steroid dienone is 2. The lowest BCUT2D eigenvalue weighted by Crippen LogP contribution is -2.40. The summed E-state index contributed by atoms with van der Waals surface area (Å²) < 4.78 is 2.11. The third-order valence-electron chi connectivity index (χ3n) is 8.11. The normalized spacial score (nSPS) is 31.1. The van der Waals surface area contributed by atoms with Gasteiger partial charge in [0.05, 0.1) is 28.1 Å². The number of aromatic nitrogens is 1. The molecule has 2 aromatic carbocycles. The van der Waals surface area contributed by atoms with E-state index >= 15 is 0 Å². The van der Waals surface area contributed by atoms with Crippen LogP contribution < -0.4 is 0 Å². The molecule has 6 atom stereocenters. The molecule has 4 aliphatic carbocycles. The van der Waals surface area contributed by atoms with Gasteiger partial charge in [-0.2, -0.15) is 10.1 Å². The molecule has 2 bridgehead atoms. The highest BCUT2D eigenvalue weighted by Crippen LogP contribution is 2.65. The van der Waals surface area contributed by atoms with Crippen molar-refractivity contribution < 1.29 is 9.59 Å². The molecule has 8 rings (SSSR count). The SMILES string of the molecule is O=C1[C@@H]2[C@@H]3C=C[C@H]([C@@H]4C[C@H]34)[C@@H]2C(=O)N1/N=C\c1cn(Cc2ccc(Cl)c(Cl)c2)c2ccccc12. The van der Waals surface area contributed by atoms with Crippen LogP contribution in [-0.2, 0) is 16.1 Å². The van der Waals surface area contributed by atoms with Gasteiger partial charge in [-0.05, 0) is 53.9 Å². The molecule has 0 spiro atoms. The number of fused-ring (bicyclic) bond motifs is 1. The number of carbonyl (C=O) groups is 2. The van der Waals surface area contributed by atoms with E-state index in [1.807, 2.05) is 42.6 Å². The van der Waals surface area contributed by atoms with Crippen molar-refractivity contribution in [3.05, 3.63) is 82.0 Å². The van der Waals surface area contributed by atoms with Gasteiger partial charge in [0.2, 0.25) is 0 Å². The van der Waals surface area contributed by atoms with Crippen LogP contribution in [0.3, 0.4) is 0 Å². The van der Waals surface area contributed by atoms with Crippen molar-refractivity contribution in [3.8, 4) is 0 Å². The molecule has 5 aliphatic rings. The molecule has 1 saturated heterocycles. The minimum atomic E-state index is -0.237. The zero-order valence-corrected chi connectivity index (χ0v) is 19.7. The van der Waals surface area contributed by atoms with Crippen LogP contribution in [0.5, 0.6) is 0 Å². The molecule has 7 heteroatoms. The van der Waals surface area contributed by atoms with E-state index in [2.05, 4.69) is 21.8 Å². The van der Waals surface area contributed by atoms with Gasteiger partial charge >= 0.3 is 0 Å². The van der Waals surface area contributed by atoms with E-state index in [0.29, 0.717) is 28.4 Å². The number of rotatable bonds is 4. The van der Waals surface area contributed by atoms with Crippen molar-refractivity contribution in [1.82, 2.24) is 9.58 Å². The Morgan fingerprint density at radius 1 is 0.941 bits per heavy atom. The molecule has 0 N–H and O–H groups in total. The molecule has 0 unspecified atom stereocenters. The van der Waals surface area contributed by atoms with Crippen LogP contribution in [0.25, 0.3) is 10.9 Å². The number of carbonyl (C=O) groups excluding carboxylic acids is 2. The van der Waals surface area contributed by atoms with Gasteiger partial charge in [-0.15, -0.1) is 0 Å². The van der Waals surface area contributed by atoms with E-state index in [4.69, 9.17) is 23.2 Å². The Hall–Kier alpha value is -2.89. The number of benzene rings is 2. The Labute approximate surface area is 206 Å². The summed E-state index contributed by atoms with van der Waals surface area (Å²) in [4.78, 5) is 26.4. The standard InChI is InChI=1S/C27H21Cl2N3O2/c28-21-8-5-14(9-22(21)29)12-31-13-15(16-3-1-2-4-23(16)31)11-30-32-26(33)24-17-6-7-18(20-10-19(17)20)25(24)27(32)34/h1-9,11,13,17-20,24-25H,10,12H2/b30-11-/t17-,18-,19-,20+,24-,25+/m1/s1. The van der Waals surface area contributed by atoms with Crippen molar-refractivity contribution in [3.63, 3.8) is 0 Å². The summed E-state index contributed by atoms with van der Waals surface area (Å²) in [6.07, 6.45) is 9.15. The average molecular weight is 490 g/mol. The summed E-state index contributed by atoms with van der Waals surface area (Å²) in [5, 5.41) is 7.63. The maximum absolute atomic E-state index is 13.2. The van der Waals surface area contributed by atoms with Gasteiger partial charge in [0.15, 0.2) is 0 Å². The first-order chi connectivity index (χ1) is 16.5. The molecule has 170 valence electrons. The van der Waals surface area contributed by atoms with Crippen LogP contribution in [-0.4, -0.2) is 27.6 Å². The van der Waals surface area contributed by atoms with E-state index < -0.39 is 0 Å². The van der Waals surface area contributed by atoms with Gasteiger partial charge in [-0.1, -0.05) is 59.6 Å². The van der Waals surface area contributed by atoms with Gasteiger partial charge in [0, 0.05) is 29.2 Å². The Bertz CT molecular complexity index is 1400. The number of hydrogen-bond donors (Lipinski definition) is 0. The maximum Gasteiger partial charge on any atom is 0.254 e. The predicted octanol–water partition coefficient (Wildman–Crippen LogP) is 5.38. The minimum Gasteiger partial charge on any atom is -0.342 e. The van der Waals surface area contributed by atoms with E-state index in [9.17, 15) is 9.59 Å². The Balaban J connectivity index is 1.20. The van der Waals surface area contributed by atoms with Gasteiger partial charge in [0.1, 0.15) is 0 Å². The number of nitrogens with zero attached hydrogens (tertiary/aromatic N) is 3. The van der Waals surface area contributed by atoms with E-state index in [0.717, 1.165) is 33.5 Å². The first-order valence-electron chi connectivity index (χ1n) is 11.6. The van der Waals surface area contributed by atoms with E-state index in [1.54, 1.807) is 12.3 Å². The Kier molecular flexibility index (Phi) is 4.40. The third-order valence-corrected chi connectivity index (χ3v) is 8.85. The highest BCUT2D eigenvalue weighted by Gasteiger charge is 2.67. The van der Waals surface area contributed by atoms with E-state index in [1.165, 1.54) is 0 Å². The van der Waals surface area contributed by atoms with Crippen molar-refractivity contribution in [1.29, 1.82) is 0 Å². The summed E-state index contributed by atoms with van der Waals surface area (Å²) >= 11 is 12.3. The summed E-state index contributed by atoms with van der Waals surface area (Å²) in [5.41, 5.74) is 2.91. The minimum absolute atomic E-state index is 0.143. The number of para-hydroxylation sites is 1. The average Bonchev–Trinajstić information content (AvgIpc) is 3.55. The summed E-state index contributed by atoms with van der Waals surface area (Å²) in [6, 6.07) is 13.6. The van der Waals surface area contributed by atoms with Crippen LogP contribution >= 0.6 is 23.2 Å². The lowest BCUT2D eigenvalue weighted by Gasteiger charge is -2.37. The Morgan fingerprint density at radius 3 is 2.35 bits per heavy atom. The van der Waals surface area contributed by atoms with Crippen molar-refractivity contribution in [2.24, 2.45) is 40.6 Å². The summed E-state index contributed by atoms with van der Waals surface area (Å²) in [5.74, 6) is 0.798. The van der Waals surface area contributed by atoms with Crippen LogP contribution in [0.15, 0.2) is 65.9 Å². The highest BCUT2D eigenvalue weighted by molar-refractivity contribution is 6.42. The lowest BCUT2D eigenvalue weighted by atomic mass is 9.63. The first kappa shape index (κ1) is 20.5. The monoisotopic (exact) mass is 489 g/mol. The molecule has 1 aromatic heterocycles. The van der Waals surface area contributed by atoms with Gasteiger partial charge in [-0.3, -0.25) is 9.59 Å². The van der Waals surface area contributed by atoms with Gasteiger partial charge < -0.3 is 4.57 Å². The zero-order valence-electron chi connectivity index (χ0n) is 18.1. The zero-order chi connectivity index (χ0) is 23.1. The van der Waals surface area contributed by atoms with Crippen molar-refractivity contribution >= 4 is 52.1 Å². The molecule has 3 aromatic rings. The van der Waals surface area contributed by atoms with Crippen LogP contribution in [0.1, 0.15) is 17.5 Å². The number of halogens is 2. The molecular formula is C27H21Cl2N3O2. The van der Waals surface area contributed by atoms with E-state index in [-0.39, 0.29) is 35.5 Å². The highest BCUT2D eigenvalue weighted by atomic mass is 35.5. The maximum atomic E-state index is 13.2. The summed E-state index contributed by atoms with van der Waals surface area (Å²) in [6.45, 7) is 0.606. The lowest BCUT2D eigenvalue weighted by molar-refractivity contribution is -0.140. The topological polar surface area (TPSA) is 54.7 Å². The molecule has 1 aliphatic heterocycles. The van der Waals surface area contributed by atoms with Gasteiger partial charge in [-0.25, -0.2) is 0 Å². The molecular weight excluding hydrogens is 469 g/mol. The second-order valence-electron chi connectivity index (χ2n) is 9.87. The molecule has 5 nitrogen and oxygen atoms in total. The van der Waals surface area contributed by atoms with Crippen LogP contribution in [0, 0.1) is 35.5 Å². The predicted molar refractivity (Wildman–Crippen MR) is 132 cm³/mol. The fourth-order valence-corrected chi connectivity index (χ4v) is 6.84. The molecule has 2 amide bonds. The molecule has 3 fully saturated rings. The Morgan fingerprint density at radius 2 is 1.65 bits per heavy atom. The fourth-order valence-electron chi connectivity index (χ4n) is 6.52. The van der Waals surface area contributed by atoms with Crippen LogP contribution in [0.4, 0.5) is 0 Å². The van der Waals surface area contributed by atoms with Crippen LogP contribution in [0.2, 0.25) is 10.0 Å². The number of hydrogen-bond acceptors (Lipinski definition) is 3. The second kappa shape index (κ2) is 7.30. The number of imide groups is 1. The van der Waals surface area contributed by atoms with Crippen molar-refractivity contribution in [2.45, 2.75) is 13.0 Å². The quantitative estimate of drug-likeness (QED) is 0.280. The largest absolute Gasteiger partial charge is 0.342 e. The van der Waals surface area contributed by atoms with Crippen molar-refractivity contribution in [2.75, 3.05) is 0 Å². The second-order valence-corrected chi connectivity index (χ2v) is 10.7.